The molecule has 0 bridgehead atoms. The standard InChI is InChI=1S/C9H10F3NOS/c1-5(2)3-7-13-4-6(15-7)8(14)9(10,11)12/h4-5H,3H2,1-2H3. The number of hydrogen-bond acceptors (Lipinski definition) is 3. The molecule has 2 nitrogen and oxygen atoms in total. The number of carbonyl (C=O) groups excluding carboxylic acids is 1. The Morgan fingerprint density at radius 1 is 1.53 bits per heavy atom. The average molecular weight is 237 g/mol. The van der Waals surface area contributed by atoms with Crippen LogP contribution in [0.3, 0.4) is 0 Å². The Kier molecular flexibility index (Phi) is 3.49. The van der Waals surface area contributed by atoms with E-state index in [0.717, 1.165) is 17.5 Å². The molecule has 0 aliphatic heterocycles. The van der Waals surface area contributed by atoms with Gasteiger partial charge in [0, 0.05) is 12.6 Å². The zero-order valence-corrected chi connectivity index (χ0v) is 9.08. The van der Waals surface area contributed by atoms with Crippen LogP contribution in [0, 0.1) is 5.92 Å². The highest BCUT2D eigenvalue weighted by Gasteiger charge is 2.40. The van der Waals surface area contributed by atoms with Crippen molar-refractivity contribution in [1.29, 1.82) is 0 Å². The summed E-state index contributed by atoms with van der Waals surface area (Å²) in [5.41, 5.74) is 0. The minimum atomic E-state index is -4.80. The van der Waals surface area contributed by atoms with Crippen LogP contribution in [0.5, 0.6) is 0 Å². The van der Waals surface area contributed by atoms with E-state index in [0.29, 0.717) is 17.3 Å². The highest BCUT2D eigenvalue weighted by atomic mass is 32.1. The summed E-state index contributed by atoms with van der Waals surface area (Å²) in [7, 11) is 0. The molecule has 0 atom stereocenters. The van der Waals surface area contributed by atoms with Crippen LogP contribution in [0.15, 0.2) is 6.20 Å². The molecule has 84 valence electrons. The van der Waals surface area contributed by atoms with E-state index in [9.17, 15) is 18.0 Å². The Morgan fingerprint density at radius 3 is 2.60 bits per heavy atom. The largest absolute Gasteiger partial charge is 0.455 e. The molecule has 0 aliphatic rings. The van der Waals surface area contributed by atoms with Crippen LogP contribution in [-0.4, -0.2) is 16.9 Å². The van der Waals surface area contributed by atoms with E-state index >= 15 is 0 Å². The zero-order chi connectivity index (χ0) is 11.6. The Bertz CT molecular complexity index is 356. The van der Waals surface area contributed by atoms with Gasteiger partial charge in [-0.2, -0.15) is 13.2 Å². The molecule has 0 aliphatic carbocycles. The lowest BCUT2D eigenvalue weighted by atomic mass is 10.1. The number of hydrogen-bond donors (Lipinski definition) is 0. The van der Waals surface area contributed by atoms with Gasteiger partial charge < -0.3 is 0 Å². The Morgan fingerprint density at radius 2 is 2.13 bits per heavy atom. The Hall–Kier alpha value is -0.910. The number of rotatable bonds is 3. The van der Waals surface area contributed by atoms with E-state index in [1.165, 1.54) is 0 Å². The van der Waals surface area contributed by atoms with Gasteiger partial charge in [-0.05, 0) is 5.92 Å². The van der Waals surface area contributed by atoms with Crippen molar-refractivity contribution < 1.29 is 18.0 Å². The normalized spacial score (nSPS) is 12.1. The van der Waals surface area contributed by atoms with Crippen molar-refractivity contribution in [3.05, 3.63) is 16.1 Å². The highest BCUT2D eigenvalue weighted by Crippen LogP contribution is 2.25. The molecule has 1 rings (SSSR count). The second-order valence-electron chi connectivity index (χ2n) is 3.54. The summed E-state index contributed by atoms with van der Waals surface area (Å²) in [6, 6.07) is 0. The van der Waals surface area contributed by atoms with Crippen LogP contribution in [0.25, 0.3) is 0 Å². The smallest absolute Gasteiger partial charge is 0.283 e. The lowest BCUT2D eigenvalue weighted by Gasteiger charge is -2.01. The fraction of sp³-hybridized carbons (Fsp3) is 0.556. The second-order valence-corrected chi connectivity index (χ2v) is 4.66. The third kappa shape index (κ3) is 3.30. The van der Waals surface area contributed by atoms with Gasteiger partial charge in [0.25, 0.3) is 5.78 Å². The predicted octanol–water partition coefficient (Wildman–Crippen LogP) is 3.09. The van der Waals surface area contributed by atoms with E-state index < -0.39 is 12.0 Å². The van der Waals surface area contributed by atoms with Gasteiger partial charge in [0.15, 0.2) is 0 Å². The quantitative estimate of drug-likeness (QED) is 0.756. The first kappa shape index (κ1) is 12.2. The van der Waals surface area contributed by atoms with Crippen molar-refractivity contribution in [3.63, 3.8) is 0 Å². The number of aromatic nitrogens is 1. The number of nitrogens with zero attached hydrogens (tertiary/aromatic N) is 1. The molecule has 6 heteroatoms. The number of thiazole rings is 1. The van der Waals surface area contributed by atoms with Crippen molar-refractivity contribution in [2.24, 2.45) is 5.92 Å². The summed E-state index contributed by atoms with van der Waals surface area (Å²) < 4.78 is 36.1. The maximum Gasteiger partial charge on any atom is 0.455 e. The maximum absolute atomic E-state index is 12.0. The SMILES string of the molecule is CC(C)Cc1ncc(C(=O)C(F)(F)F)s1. The van der Waals surface area contributed by atoms with Crippen LogP contribution >= 0.6 is 11.3 Å². The van der Waals surface area contributed by atoms with Gasteiger partial charge in [-0.3, -0.25) is 4.79 Å². The van der Waals surface area contributed by atoms with Crippen molar-refractivity contribution in [2.45, 2.75) is 26.4 Å². The zero-order valence-electron chi connectivity index (χ0n) is 8.26. The minimum absolute atomic E-state index is 0.310. The van der Waals surface area contributed by atoms with Gasteiger partial charge in [0.1, 0.15) is 0 Å². The molecular formula is C9H10F3NOS. The molecule has 1 aromatic rings. The molecule has 1 aromatic heterocycles. The number of carbonyl (C=O) groups is 1. The second kappa shape index (κ2) is 4.30. The molecule has 0 aromatic carbocycles. The molecule has 0 unspecified atom stereocenters. The minimum Gasteiger partial charge on any atom is -0.283 e. The predicted molar refractivity (Wildman–Crippen MR) is 51.0 cm³/mol. The van der Waals surface area contributed by atoms with Crippen LogP contribution in [-0.2, 0) is 6.42 Å². The van der Waals surface area contributed by atoms with E-state index in [-0.39, 0.29) is 4.88 Å². The first-order valence-corrected chi connectivity index (χ1v) is 5.18. The van der Waals surface area contributed by atoms with E-state index in [1.54, 1.807) is 0 Å². The van der Waals surface area contributed by atoms with Crippen LogP contribution in [0.2, 0.25) is 0 Å². The van der Waals surface area contributed by atoms with E-state index in [1.807, 2.05) is 13.8 Å². The molecular weight excluding hydrogens is 227 g/mol. The van der Waals surface area contributed by atoms with Crippen molar-refractivity contribution in [1.82, 2.24) is 4.98 Å². The molecule has 0 N–H and O–H groups in total. The first-order chi connectivity index (χ1) is 6.80. The fourth-order valence-electron chi connectivity index (χ4n) is 0.999. The topological polar surface area (TPSA) is 30.0 Å². The molecule has 0 saturated heterocycles. The summed E-state index contributed by atoms with van der Waals surface area (Å²) in [4.78, 5) is 14.3. The molecule has 0 saturated carbocycles. The fourth-order valence-corrected chi connectivity index (χ4v) is 2.09. The Balaban J connectivity index is 2.81. The van der Waals surface area contributed by atoms with Gasteiger partial charge in [0.2, 0.25) is 0 Å². The lowest BCUT2D eigenvalue weighted by Crippen LogP contribution is -2.21. The number of halogens is 3. The maximum atomic E-state index is 12.0. The molecule has 0 spiro atoms. The Labute approximate surface area is 89.1 Å². The lowest BCUT2D eigenvalue weighted by molar-refractivity contribution is -0.0882. The van der Waals surface area contributed by atoms with E-state index in [2.05, 4.69) is 4.98 Å². The van der Waals surface area contributed by atoms with Crippen molar-refractivity contribution >= 4 is 17.1 Å². The van der Waals surface area contributed by atoms with Crippen LogP contribution < -0.4 is 0 Å². The third-order valence-electron chi connectivity index (χ3n) is 1.62. The van der Waals surface area contributed by atoms with Gasteiger partial charge in [0.05, 0.1) is 9.88 Å². The summed E-state index contributed by atoms with van der Waals surface area (Å²) in [6.07, 6.45) is -3.21. The molecule has 1 heterocycles. The van der Waals surface area contributed by atoms with Gasteiger partial charge in [-0.15, -0.1) is 11.3 Å². The average Bonchev–Trinajstić information content (AvgIpc) is 2.48. The number of Topliss-reactive ketones (excluding diaryl/α,β-unsaturated/α-hetero) is 1. The number of ketones is 1. The van der Waals surface area contributed by atoms with Crippen LogP contribution in [0.4, 0.5) is 13.2 Å². The van der Waals surface area contributed by atoms with Gasteiger partial charge in [-0.1, -0.05) is 13.8 Å². The molecule has 0 radical (unpaired) electrons. The third-order valence-corrected chi connectivity index (χ3v) is 2.64. The highest BCUT2D eigenvalue weighted by molar-refractivity contribution is 7.13. The van der Waals surface area contributed by atoms with Crippen molar-refractivity contribution in [2.75, 3.05) is 0 Å². The summed E-state index contributed by atoms with van der Waals surface area (Å²) >= 11 is 0.816. The first-order valence-electron chi connectivity index (χ1n) is 4.37. The van der Waals surface area contributed by atoms with Crippen molar-refractivity contribution in [3.8, 4) is 0 Å². The summed E-state index contributed by atoms with van der Waals surface area (Å²) in [6.45, 7) is 3.87. The van der Waals surface area contributed by atoms with Crippen LogP contribution in [0.1, 0.15) is 28.5 Å². The van der Waals surface area contributed by atoms with Gasteiger partial charge in [-0.25, -0.2) is 4.98 Å². The molecule has 0 fully saturated rings. The number of alkyl halides is 3. The molecule has 15 heavy (non-hydrogen) atoms. The van der Waals surface area contributed by atoms with E-state index in [4.69, 9.17) is 0 Å². The monoisotopic (exact) mass is 237 g/mol. The molecule has 0 amide bonds. The van der Waals surface area contributed by atoms with Gasteiger partial charge >= 0.3 is 6.18 Å². The summed E-state index contributed by atoms with van der Waals surface area (Å²) in [5, 5.41) is 0.567. The summed E-state index contributed by atoms with van der Waals surface area (Å²) in [5.74, 6) is -1.50.